The van der Waals surface area contributed by atoms with E-state index in [0.717, 1.165) is 29.7 Å². The van der Waals surface area contributed by atoms with Crippen molar-refractivity contribution in [3.8, 4) is 33.5 Å². The smallest absolute Gasteiger partial charge is 0.0702 e. The normalized spacial score (nSPS) is 12.8. The zero-order chi connectivity index (χ0) is 28.3. The third-order valence-electron chi connectivity index (χ3n) is 8.95. The van der Waals surface area contributed by atoms with Crippen molar-refractivity contribution in [3.05, 3.63) is 145 Å². The van der Waals surface area contributed by atoms with E-state index in [1.54, 1.807) is 0 Å². The maximum Gasteiger partial charge on any atom is 0.0702 e. The van der Waals surface area contributed by atoms with Gasteiger partial charge in [-0.3, -0.25) is 4.98 Å². The van der Waals surface area contributed by atoms with Crippen molar-refractivity contribution >= 4 is 59.1 Å². The number of pyridine rings is 1. The van der Waals surface area contributed by atoms with Crippen LogP contribution in [0, 0.1) is 0 Å². The predicted molar refractivity (Wildman–Crippen MR) is 186 cm³/mol. The average molecular weight is 566 g/mol. The fourth-order valence-electron chi connectivity index (χ4n) is 6.93. The van der Waals surface area contributed by atoms with Crippen LogP contribution in [-0.4, -0.2) is 4.98 Å². The molecule has 0 radical (unpaired) electrons. The molecule has 0 spiro atoms. The zero-order valence-electron chi connectivity index (χ0n) is 23.5. The number of hydrogen-bond acceptors (Lipinski definition) is 2. The van der Waals surface area contributed by atoms with Crippen molar-refractivity contribution in [2.24, 2.45) is 0 Å². The molecule has 0 amide bonds. The van der Waals surface area contributed by atoms with Gasteiger partial charge >= 0.3 is 0 Å². The molecule has 0 saturated carbocycles. The molecule has 8 aromatic rings. The van der Waals surface area contributed by atoms with Gasteiger partial charge in [-0.25, -0.2) is 0 Å². The van der Waals surface area contributed by atoms with Crippen LogP contribution in [0.3, 0.4) is 0 Å². The van der Waals surface area contributed by atoms with Crippen molar-refractivity contribution in [1.29, 1.82) is 0 Å². The van der Waals surface area contributed by atoms with Crippen molar-refractivity contribution in [1.82, 2.24) is 4.98 Å². The molecule has 0 bridgehead atoms. The summed E-state index contributed by atoms with van der Waals surface area (Å²) in [6, 6.07) is 44.4. The summed E-state index contributed by atoms with van der Waals surface area (Å²) in [6.07, 6.45) is 8.91. The monoisotopic (exact) mass is 565 g/mol. The van der Waals surface area contributed by atoms with Crippen LogP contribution in [0.25, 0.3) is 81.3 Å². The Morgan fingerprint density at radius 3 is 1.86 bits per heavy atom. The van der Waals surface area contributed by atoms with E-state index in [1.807, 2.05) is 11.3 Å². The Kier molecular flexibility index (Phi) is 5.57. The fourth-order valence-corrected chi connectivity index (χ4v) is 8.06. The SMILES string of the molecule is C1=Cc2cc3c(cc2CC1)sc1ccc(-c2ccc(-c4c5ccccc5c(-c5ccccc5)c5ccccc45)cn2)cc13. The molecule has 2 heteroatoms. The molecule has 2 aromatic heterocycles. The van der Waals surface area contributed by atoms with E-state index in [-0.39, 0.29) is 0 Å². The van der Waals surface area contributed by atoms with Gasteiger partial charge in [0.05, 0.1) is 5.69 Å². The molecule has 0 atom stereocenters. The molecule has 0 aliphatic heterocycles. The number of nitrogens with zero attached hydrogens (tertiary/aromatic N) is 1. The largest absolute Gasteiger partial charge is 0.256 e. The molecule has 0 fully saturated rings. The number of aromatic nitrogens is 1. The quantitative estimate of drug-likeness (QED) is 0.194. The van der Waals surface area contributed by atoms with E-state index in [2.05, 4.69) is 140 Å². The number of aryl methyl sites for hydroxylation is 1. The molecule has 43 heavy (non-hydrogen) atoms. The summed E-state index contributed by atoms with van der Waals surface area (Å²) >= 11 is 1.90. The van der Waals surface area contributed by atoms with Gasteiger partial charge in [-0.15, -0.1) is 11.3 Å². The molecule has 0 N–H and O–H groups in total. The third kappa shape index (κ3) is 3.95. The lowest BCUT2D eigenvalue weighted by molar-refractivity contribution is 0.989. The highest BCUT2D eigenvalue weighted by Gasteiger charge is 2.17. The van der Waals surface area contributed by atoms with Gasteiger partial charge in [0.1, 0.15) is 0 Å². The molecule has 0 unspecified atom stereocenters. The van der Waals surface area contributed by atoms with Gasteiger partial charge < -0.3 is 0 Å². The summed E-state index contributed by atoms with van der Waals surface area (Å²) in [5.41, 5.74) is 9.88. The molecule has 9 rings (SSSR count). The lowest BCUT2D eigenvalue weighted by Gasteiger charge is -2.17. The van der Waals surface area contributed by atoms with Crippen molar-refractivity contribution in [2.45, 2.75) is 12.8 Å². The molecule has 1 aliphatic rings. The van der Waals surface area contributed by atoms with Gasteiger partial charge in [0, 0.05) is 37.5 Å². The van der Waals surface area contributed by atoms with Crippen LogP contribution in [0.4, 0.5) is 0 Å². The van der Waals surface area contributed by atoms with Gasteiger partial charge in [-0.05, 0) is 92.5 Å². The summed E-state index contributed by atoms with van der Waals surface area (Å²) in [4.78, 5) is 5.05. The van der Waals surface area contributed by atoms with Gasteiger partial charge in [0.15, 0.2) is 0 Å². The fraction of sp³-hybridized carbons (Fsp3) is 0.0488. The molecule has 2 heterocycles. The second-order valence-corrected chi connectivity index (χ2v) is 12.5. The molecule has 1 nitrogen and oxygen atoms in total. The van der Waals surface area contributed by atoms with Crippen LogP contribution >= 0.6 is 11.3 Å². The highest BCUT2D eigenvalue weighted by molar-refractivity contribution is 7.25. The first-order valence-corrected chi connectivity index (χ1v) is 15.7. The van der Waals surface area contributed by atoms with E-state index in [4.69, 9.17) is 4.98 Å². The Hall–Kier alpha value is -5.05. The minimum atomic E-state index is 0.998. The van der Waals surface area contributed by atoms with Crippen LogP contribution in [-0.2, 0) is 6.42 Å². The van der Waals surface area contributed by atoms with Crippen LogP contribution < -0.4 is 0 Å². The molecule has 0 saturated heterocycles. The highest BCUT2D eigenvalue weighted by Crippen LogP contribution is 2.44. The minimum absolute atomic E-state index is 0.998. The van der Waals surface area contributed by atoms with Gasteiger partial charge in [-0.1, -0.05) is 103 Å². The number of benzene rings is 6. The lowest BCUT2D eigenvalue weighted by atomic mass is 9.86. The Morgan fingerprint density at radius 2 is 1.16 bits per heavy atom. The first-order valence-electron chi connectivity index (χ1n) is 14.9. The van der Waals surface area contributed by atoms with E-state index in [0.29, 0.717) is 0 Å². The van der Waals surface area contributed by atoms with Crippen molar-refractivity contribution in [2.75, 3.05) is 0 Å². The molecule has 1 aliphatic carbocycles. The molecular formula is C41H27NS. The Morgan fingerprint density at radius 1 is 0.512 bits per heavy atom. The zero-order valence-corrected chi connectivity index (χ0v) is 24.4. The third-order valence-corrected chi connectivity index (χ3v) is 10.1. The molecular weight excluding hydrogens is 539 g/mol. The predicted octanol–water partition coefficient (Wildman–Crippen LogP) is 11.7. The van der Waals surface area contributed by atoms with Gasteiger partial charge in [-0.2, -0.15) is 0 Å². The van der Waals surface area contributed by atoms with Crippen LogP contribution in [0.1, 0.15) is 17.5 Å². The van der Waals surface area contributed by atoms with E-state index in [1.165, 1.54) is 69.5 Å². The van der Waals surface area contributed by atoms with E-state index in [9.17, 15) is 0 Å². The van der Waals surface area contributed by atoms with E-state index < -0.39 is 0 Å². The summed E-state index contributed by atoms with van der Waals surface area (Å²) in [5.74, 6) is 0. The maximum absolute atomic E-state index is 5.05. The van der Waals surface area contributed by atoms with E-state index >= 15 is 0 Å². The molecule has 6 aromatic carbocycles. The average Bonchev–Trinajstić information content (AvgIpc) is 3.43. The summed E-state index contributed by atoms with van der Waals surface area (Å²) < 4.78 is 2.71. The number of fused-ring (bicyclic) bond motifs is 6. The second-order valence-electron chi connectivity index (χ2n) is 11.4. The minimum Gasteiger partial charge on any atom is -0.256 e. The highest BCUT2D eigenvalue weighted by atomic mass is 32.1. The molecule has 202 valence electrons. The second kappa shape index (κ2) is 9.76. The van der Waals surface area contributed by atoms with Crippen molar-refractivity contribution in [3.63, 3.8) is 0 Å². The number of hydrogen-bond donors (Lipinski definition) is 0. The van der Waals surface area contributed by atoms with Crippen molar-refractivity contribution < 1.29 is 0 Å². The van der Waals surface area contributed by atoms with Crippen LogP contribution in [0.5, 0.6) is 0 Å². The van der Waals surface area contributed by atoms with Gasteiger partial charge in [0.25, 0.3) is 0 Å². The standard InChI is InChI=1S/C41H27NS/c1-2-10-26(11-3-1)40-31-14-6-8-16-33(31)41(34-17-9-7-15-32(34)40)30-18-20-37(42-25-30)29-19-21-38-35(23-29)36-22-27-12-4-5-13-28(27)24-39(36)43-38/h1-4,6-12,14-25H,5,13H2. The Bertz CT molecular complexity index is 2320. The summed E-state index contributed by atoms with van der Waals surface area (Å²) in [5, 5.41) is 7.69. The number of rotatable bonds is 3. The van der Waals surface area contributed by atoms with Crippen LogP contribution in [0.2, 0.25) is 0 Å². The summed E-state index contributed by atoms with van der Waals surface area (Å²) in [7, 11) is 0. The Balaban J connectivity index is 1.19. The maximum atomic E-state index is 5.05. The lowest BCUT2D eigenvalue weighted by Crippen LogP contribution is -1.92. The first kappa shape index (κ1) is 24.5. The Labute approximate surface area is 254 Å². The first-order chi connectivity index (χ1) is 21.3. The summed E-state index contributed by atoms with van der Waals surface area (Å²) in [6.45, 7) is 0. The number of thiophene rings is 1. The topological polar surface area (TPSA) is 12.9 Å². The van der Waals surface area contributed by atoms with Crippen LogP contribution in [0.15, 0.2) is 134 Å². The van der Waals surface area contributed by atoms with Gasteiger partial charge in [0.2, 0.25) is 0 Å². The number of allylic oxidation sites excluding steroid dienone is 1.